The average Bonchev–Trinajstić information content (AvgIpc) is 3.32. The highest BCUT2D eigenvalue weighted by Crippen LogP contribution is 2.45. The first-order valence-electron chi connectivity index (χ1n) is 14.8. The highest BCUT2D eigenvalue weighted by molar-refractivity contribution is 5.82. The normalized spacial score (nSPS) is 16.2. The van der Waals surface area contributed by atoms with E-state index in [-0.39, 0.29) is 34.2 Å². The zero-order valence-electron chi connectivity index (χ0n) is 23.4. The van der Waals surface area contributed by atoms with Crippen molar-refractivity contribution >= 4 is 0 Å². The van der Waals surface area contributed by atoms with Crippen molar-refractivity contribution in [3.63, 3.8) is 0 Å². The third kappa shape index (κ3) is 5.62. The summed E-state index contributed by atoms with van der Waals surface area (Å²) in [4.78, 5) is 0. The molecule has 0 aliphatic heterocycles. The Morgan fingerprint density at radius 1 is 0.725 bits per heavy atom. The summed E-state index contributed by atoms with van der Waals surface area (Å²) in [5, 5.41) is 0. The second-order valence-electron chi connectivity index (χ2n) is 11.5. The standard InChI is InChI=1S/C35H37F5/c1-3-5-6-8-21-9-11-22(12-10-21)13-15-24-18-25-19-26-20-28(27-16-14-23(7-4-2)17-29(27)36)33(38)35(40)31(26)30(25)34(39)32(24)37/h11,14,16-18,20-21H,3-10,12-13,15,19H2,1-2H3. The van der Waals surface area contributed by atoms with Gasteiger partial charge in [0, 0.05) is 22.3 Å². The molecule has 1 unspecified atom stereocenters. The van der Waals surface area contributed by atoms with Crippen molar-refractivity contribution in [3.8, 4) is 22.3 Å². The van der Waals surface area contributed by atoms with Crippen molar-refractivity contribution in [2.75, 3.05) is 0 Å². The van der Waals surface area contributed by atoms with Crippen molar-refractivity contribution in [2.45, 2.75) is 90.9 Å². The first kappa shape index (κ1) is 28.6. The number of hydrogen-bond acceptors (Lipinski definition) is 0. The Bertz CT molecular complexity index is 1430. The number of aryl methyl sites for hydroxylation is 2. The van der Waals surface area contributed by atoms with E-state index in [0.29, 0.717) is 36.3 Å². The molecule has 0 bridgehead atoms. The van der Waals surface area contributed by atoms with Crippen LogP contribution in [0.15, 0.2) is 42.0 Å². The van der Waals surface area contributed by atoms with Crippen molar-refractivity contribution in [1.29, 1.82) is 0 Å². The maximum atomic E-state index is 15.4. The maximum Gasteiger partial charge on any atom is 0.167 e. The fourth-order valence-electron chi connectivity index (χ4n) is 6.45. The number of halogens is 5. The van der Waals surface area contributed by atoms with Gasteiger partial charge in [0.2, 0.25) is 0 Å². The summed E-state index contributed by atoms with van der Waals surface area (Å²) < 4.78 is 76.1. The van der Waals surface area contributed by atoms with Gasteiger partial charge in [-0.15, -0.1) is 0 Å². The van der Waals surface area contributed by atoms with Gasteiger partial charge in [0.1, 0.15) is 5.82 Å². The molecule has 0 saturated carbocycles. The van der Waals surface area contributed by atoms with Crippen LogP contribution in [0.5, 0.6) is 0 Å². The van der Waals surface area contributed by atoms with Crippen LogP contribution in [-0.2, 0) is 19.3 Å². The van der Waals surface area contributed by atoms with Crippen molar-refractivity contribution in [3.05, 3.63) is 93.3 Å². The molecule has 0 N–H and O–H groups in total. The number of unbranched alkanes of at least 4 members (excludes halogenated alkanes) is 2. The molecule has 1 atom stereocenters. The first-order chi connectivity index (χ1) is 19.3. The number of hydrogen-bond donors (Lipinski definition) is 0. The molecule has 2 aliphatic carbocycles. The molecule has 0 heterocycles. The molecule has 0 spiro atoms. The topological polar surface area (TPSA) is 0 Å². The van der Waals surface area contributed by atoms with Gasteiger partial charge in [0.25, 0.3) is 0 Å². The molecule has 3 aromatic carbocycles. The minimum absolute atomic E-state index is 0.0456. The number of allylic oxidation sites excluding steroid dienone is 2. The lowest BCUT2D eigenvalue weighted by molar-refractivity contribution is 0.413. The van der Waals surface area contributed by atoms with Crippen LogP contribution in [0.2, 0.25) is 0 Å². The smallest absolute Gasteiger partial charge is 0.167 e. The predicted molar refractivity (Wildman–Crippen MR) is 152 cm³/mol. The minimum Gasteiger partial charge on any atom is -0.206 e. The lowest BCUT2D eigenvalue weighted by Gasteiger charge is -2.22. The monoisotopic (exact) mass is 552 g/mol. The van der Waals surface area contributed by atoms with Crippen LogP contribution in [0.4, 0.5) is 22.0 Å². The van der Waals surface area contributed by atoms with Crippen LogP contribution in [0.25, 0.3) is 22.3 Å². The van der Waals surface area contributed by atoms with Crippen molar-refractivity contribution < 1.29 is 22.0 Å². The van der Waals surface area contributed by atoms with Crippen LogP contribution < -0.4 is 0 Å². The summed E-state index contributed by atoms with van der Waals surface area (Å²) in [5.74, 6) is -4.58. The molecule has 0 nitrogen and oxygen atoms in total. The van der Waals surface area contributed by atoms with E-state index in [1.807, 2.05) is 6.92 Å². The molecule has 0 fully saturated rings. The van der Waals surface area contributed by atoms with Crippen LogP contribution >= 0.6 is 0 Å². The van der Waals surface area contributed by atoms with E-state index in [1.165, 1.54) is 49.5 Å². The van der Waals surface area contributed by atoms with E-state index < -0.39 is 29.1 Å². The van der Waals surface area contributed by atoms with Gasteiger partial charge in [0.05, 0.1) is 0 Å². The van der Waals surface area contributed by atoms with Gasteiger partial charge in [-0.1, -0.05) is 75.8 Å². The Morgan fingerprint density at radius 3 is 2.15 bits per heavy atom. The molecule has 5 rings (SSSR count). The van der Waals surface area contributed by atoms with Gasteiger partial charge in [-0.25, -0.2) is 22.0 Å². The number of rotatable bonds is 10. The van der Waals surface area contributed by atoms with Gasteiger partial charge >= 0.3 is 0 Å². The van der Waals surface area contributed by atoms with Gasteiger partial charge < -0.3 is 0 Å². The summed E-state index contributed by atoms with van der Waals surface area (Å²) in [7, 11) is 0. The van der Waals surface area contributed by atoms with Crippen molar-refractivity contribution in [2.24, 2.45) is 5.92 Å². The van der Waals surface area contributed by atoms with E-state index in [0.717, 1.165) is 31.2 Å². The third-order valence-electron chi connectivity index (χ3n) is 8.69. The van der Waals surface area contributed by atoms with E-state index >= 15 is 17.6 Å². The van der Waals surface area contributed by atoms with Crippen LogP contribution in [0.3, 0.4) is 0 Å². The largest absolute Gasteiger partial charge is 0.206 e. The Morgan fingerprint density at radius 2 is 1.48 bits per heavy atom. The zero-order valence-corrected chi connectivity index (χ0v) is 23.4. The van der Waals surface area contributed by atoms with Gasteiger partial charge in [0.15, 0.2) is 23.3 Å². The zero-order chi connectivity index (χ0) is 28.4. The average molecular weight is 553 g/mol. The van der Waals surface area contributed by atoms with E-state index in [1.54, 1.807) is 12.1 Å². The van der Waals surface area contributed by atoms with Gasteiger partial charge in [-0.2, -0.15) is 0 Å². The summed E-state index contributed by atoms with van der Waals surface area (Å²) >= 11 is 0. The van der Waals surface area contributed by atoms with Crippen LogP contribution in [0.1, 0.15) is 93.9 Å². The number of fused-ring (bicyclic) bond motifs is 3. The quantitative estimate of drug-likeness (QED) is 0.104. The predicted octanol–water partition coefficient (Wildman–Crippen LogP) is 10.8. The van der Waals surface area contributed by atoms with Gasteiger partial charge in [-0.05, 0) is 85.3 Å². The minimum atomic E-state index is -1.27. The van der Waals surface area contributed by atoms with E-state index in [4.69, 9.17) is 0 Å². The maximum absolute atomic E-state index is 15.4. The summed E-state index contributed by atoms with van der Waals surface area (Å²) in [5.41, 5.74) is 2.36. The van der Waals surface area contributed by atoms with Crippen LogP contribution in [0, 0.1) is 35.0 Å². The highest BCUT2D eigenvalue weighted by Gasteiger charge is 2.32. The Hall–Kier alpha value is -2.95. The first-order valence-corrected chi connectivity index (χ1v) is 14.8. The molecule has 0 radical (unpaired) electrons. The molecule has 3 aromatic rings. The molecule has 0 aromatic heterocycles. The molecule has 40 heavy (non-hydrogen) atoms. The SMILES string of the molecule is CCCCCC1CC=C(CCc2cc3c(c(F)c2F)-c2c(cc(-c4ccc(CCC)cc4F)c(F)c2F)C3)CC1. The fourth-order valence-corrected chi connectivity index (χ4v) is 6.45. The Labute approximate surface area is 234 Å². The summed E-state index contributed by atoms with van der Waals surface area (Å²) in [6, 6.07) is 7.48. The van der Waals surface area contributed by atoms with E-state index in [2.05, 4.69) is 13.0 Å². The highest BCUT2D eigenvalue weighted by atomic mass is 19.2. The Kier molecular flexibility index (Phi) is 8.77. The van der Waals surface area contributed by atoms with Crippen molar-refractivity contribution in [1.82, 2.24) is 0 Å². The molecule has 0 saturated heterocycles. The lowest BCUT2D eigenvalue weighted by Crippen LogP contribution is -2.07. The fraction of sp³-hybridized carbons (Fsp3) is 0.429. The van der Waals surface area contributed by atoms with Crippen LogP contribution in [-0.4, -0.2) is 0 Å². The molecule has 5 heteroatoms. The summed E-state index contributed by atoms with van der Waals surface area (Å²) in [6.45, 7) is 4.18. The molecular weight excluding hydrogens is 515 g/mol. The molecule has 0 amide bonds. The molecule has 2 aliphatic rings. The van der Waals surface area contributed by atoms with E-state index in [9.17, 15) is 4.39 Å². The third-order valence-corrected chi connectivity index (χ3v) is 8.69. The second-order valence-corrected chi connectivity index (χ2v) is 11.5. The number of benzene rings is 3. The molecular formula is C35H37F5. The Balaban J connectivity index is 1.37. The summed E-state index contributed by atoms with van der Waals surface area (Å²) in [6.07, 6.45) is 13.1. The molecule has 212 valence electrons. The van der Waals surface area contributed by atoms with Gasteiger partial charge in [-0.3, -0.25) is 0 Å². The second kappa shape index (κ2) is 12.3. The lowest BCUT2D eigenvalue weighted by atomic mass is 9.84.